The highest BCUT2D eigenvalue weighted by Gasteiger charge is 2.30. The second kappa shape index (κ2) is 6.24. The van der Waals surface area contributed by atoms with Crippen molar-refractivity contribution in [2.75, 3.05) is 24.3 Å². The fraction of sp³-hybridized carbons (Fsp3) is 0.714. The molecule has 1 aromatic heterocycles. The lowest BCUT2D eigenvalue weighted by Crippen LogP contribution is -2.36. The maximum Gasteiger partial charge on any atom is 0.332 e. The molecule has 0 saturated heterocycles. The molecule has 1 heterocycles. The summed E-state index contributed by atoms with van der Waals surface area (Å²) in [6.07, 6.45) is 4.41. The molecular formula is C14H23N5O2. The van der Waals surface area contributed by atoms with Gasteiger partial charge in [0, 0.05) is 20.1 Å². The lowest BCUT2D eigenvalue weighted by Gasteiger charge is -2.34. The maximum atomic E-state index is 11.4. The summed E-state index contributed by atoms with van der Waals surface area (Å²) in [5.74, 6) is 1.57. The third-order valence-electron chi connectivity index (χ3n) is 4.31. The van der Waals surface area contributed by atoms with Gasteiger partial charge in [0.25, 0.3) is 0 Å². The van der Waals surface area contributed by atoms with E-state index in [1.165, 1.54) is 0 Å². The zero-order chi connectivity index (χ0) is 15.6. The molecular weight excluding hydrogens is 270 g/mol. The van der Waals surface area contributed by atoms with Gasteiger partial charge in [0.05, 0.1) is 4.92 Å². The van der Waals surface area contributed by atoms with Gasteiger partial charge >= 0.3 is 5.69 Å². The summed E-state index contributed by atoms with van der Waals surface area (Å²) >= 11 is 0. The van der Waals surface area contributed by atoms with Crippen LogP contribution in [-0.2, 0) is 0 Å². The summed E-state index contributed by atoms with van der Waals surface area (Å²) in [7, 11) is 3.61. The van der Waals surface area contributed by atoms with E-state index in [9.17, 15) is 10.1 Å². The van der Waals surface area contributed by atoms with Crippen molar-refractivity contribution < 1.29 is 4.92 Å². The fourth-order valence-corrected chi connectivity index (χ4v) is 2.93. The van der Waals surface area contributed by atoms with E-state index >= 15 is 0 Å². The van der Waals surface area contributed by atoms with Crippen LogP contribution in [-0.4, -0.2) is 35.0 Å². The average molecular weight is 293 g/mol. The molecule has 1 saturated carbocycles. The average Bonchev–Trinajstić information content (AvgIpc) is 2.45. The molecule has 21 heavy (non-hydrogen) atoms. The number of hydrogen-bond acceptors (Lipinski definition) is 6. The molecule has 0 spiro atoms. The van der Waals surface area contributed by atoms with E-state index in [2.05, 4.69) is 22.2 Å². The summed E-state index contributed by atoms with van der Waals surface area (Å²) in [5.41, 5.74) is 0.403. The number of nitrogens with one attached hydrogen (secondary N) is 1. The molecule has 1 aliphatic carbocycles. The lowest BCUT2D eigenvalue weighted by molar-refractivity contribution is -0.385. The molecule has 1 aliphatic rings. The van der Waals surface area contributed by atoms with Gasteiger partial charge in [0.15, 0.2) is 0 Å². The summed E-state index contributed by atoms with van der Waals surface area (Å²) in [4.78, 5) is 21.4. The Morgan fingerprint density at radius 1 is 1.29 bits per heavy atom. The minimum atomic E-state index is -0.383. The number of aromatic nitrogens is 2. The van der Waals surface area contributed by atoms with Crippen molar-refractivity contribution in [1.29, 1.82) is 0 Å². The minimum absolute atomic E-state index is 0.00937. The number of nitro groups is 1. The number of aryl methyl sites for hydroxylation is 1. The Balaban J connectivity index is 2.36. The summed E-state index contributed by atoms with van der Waals surface area (Å²) in [6, 6.07) is 0.305. The molecule has 2 rings (SSSR count). The third-order valence-corrected chi connectivity index (χ3v) is 4.31. The van der Waals surface area contributed by atoms with E-state index in [0.717, 1.165) is 31.6 Å². The van der Waals surface area contributed by atoms with Gasteiger partial charge in [0.2, 0.25) is 11.8 Å². The fourth-order valence-electron chi connectivity index (χ4n) is 2.93. The van der Waals surface area contributed by atoms with Crippen molar-refractivity contribution in [3.63, 3.8) is 0 Å². The summed E-state index contributed by atoms with van der Waals surface area (Å²) < 4.78 is 0. The van der Waals surface area contributed by atoms with Gasteiger partial charge in [-0.25, -0.2) is 4.98 Å². The topological polar surface area (TPSA) is 84.2 Å². The molecule has 1 fully saturated rings. The molecule has 0 aliphatic heterocycles. The first kappa shape index (κ1) is 15.5. The van der Waals surface area contributed by atoms with Crippen LogP contribution in [0.2, 0.25) is 0 Å². The van der Waals surface area contributed by atoms with Crippen molar-refractivity contribution in [2.45, 2.75) is 45.6 Å². The summed E-state index contributed by atoms with van der Waals surface area (Å²) in [6.45, 7) is 3.91. The standard InChI is InChI=1S/C14H23N5O2/c1-9-5-7-11(8-6-9)18(4)13-12(19(20)21)10(2)16-14(15-3)17-13/h9,11H,5-8H2,1-4H3,(H,15,16,17). The van der Waals surface area contributed by atoms with E-state index in [1.807, 2.05) is 11.9 Å². The zero-order valence-electron chi connectivity index (χ0n) is 13.1. The Morgan fingerprint density at radius 2 is 1.90 bits per heavy atom. The second-order valence-corrected chi connectivity index (χ2v) is 5.84. The molecule has 0 unspecified atom stereocenters. The van der Waals surface area contributed by atoms with E-state index in [4.69, 9.17) is 0 Å². The smallest absolute Gasteiger partial charge is 0.332 e. The van der Waals surface area contributed by atoms with Crippen LogP contribution < -0.4 is 10.2 Å². The van der Waals surface area contributed by atoms with Crippen molar-refractivity contribution >= 4 is 17.5 Å². The molecule has 1 aromatic rings. The van der Waals surface area contributed by atoms with Gasteiger partial charge in [-0.05, 0) is 38.5 Å². The first-order valence-electron chi connectivity index (χ1n) is 7.37. The molecule has 7 heteroatoms. The molecule has 7 nitrogen and oxygen atoms in total. The Bertz CT molecular complexity index is 526. The van der Waals surface area contributed by atoms with Gasteiger partial charge in [-0.3, -0.25) is 10.1 Å². The number of hydrogen-bond donors (Lipinski definition) is 1. The van der Waals surface area contributed by atoms with Crippen LogP contribution in [0.25, 0.3) is 0 Å². The van der Waals surface area contributed by atoms with Crippen molar-refractivity contribution in [1.82, 2.24) is 9.97 Å². The van der Waals surface area contributed by atoms with Crippen molar-refractivity contribution in [3.05, 3.63) is 15.8 Å². The maximum absolute atomic E-state index is 11.4. The molecule has 0 amide bonds. The van der Waals surface area contributed by atoms with Crippen LogP contribution in [0.4, 0.5) is 17.5 Å². The highest BCUT2D eigenvalue weighted by atomic mass is 16.6. The molecule has 1 N–H and O–H groups in total. The minimum Gasteiger partial charge on any atom is -0.357 e. The second-order valence-electron chi connectivity index (χ2n) is 5.84. The molecule has 0 radical (unpaired) electrons. The van der Waals surface area contributed by atoms with Crippen LogP contribution in [0.3, 0.4) is 0 Å². The lowest BCUT2D eigenvalue weighted by atomic mass is 9.87. The van der Waals surface area contributed by atoms with Gasteiger partial charge in [-0.2, -0.15) is 4.98 Å². The first-order valence-corrected chi connectivity index (χ1v) is 7.37. The van der Waals surface area contributed by atoms with Crippen LogP contribution in [0.15, 0.2) is 0 Å². The largest absolute Gasteiger partial charge is 0.357 e. The Labute approximate surface area is 124 Å². The van der Waals surface area contributed by atoms with Crippen molar-refractivity contribution in [3.8, 4) is 0 Å². The Morgan fingerprint density at radius 3 is 2.43 bits per heavy atom. The van der Waals surface area contributed by atoms with Crippen LogP contribution in [0.5, 0.6) is 0 Å². The van der Waals surface area contributed by atoms with E-state index in [-0.39, 0.29) is 10.6 Å². The SMILES string of the molecule is CNc1nc(C)c([N+](=O)[O-])c(N(C)C2CCC(C)CC2)n1. The Hall–Kier alpha value is -1.92. The molecule has 0 bridgehead atoms. The van der Waals surface area contributed by atoms with Crippen LogP contribution in [0.1, 0.15) is 38.3 Å². The summed E-state index contributed by atoms with van der Waals surface area (Å²) in [5, 5.41) is 14.2. The normalized spacial score (nSPS) is 21.9. The van der Waals surface area contributed by atoms with Crippen LogP contribution in [0, 0.1) is 23.0 Å². The van der Waals surface area contributed by atoms with Gasteiger partial charge in [-0.15, -0.1) is 0 Å². The molecule has 0 aromatic carbocycles. The third kappa shape index (κ3) is 3.22. The zero-order valence-corrected chi connectivity index (χ0v) is 13.1. The predicted octanol–water partition coefficient (Wildman–Crippen LogP) is 2.75. The Kier molecular flexibility index (Phi) is 4.59. The number of anilines is 2. The highest BCUT2D eigenvalue weighted by molar-refractivity contribution is 5.62. The van der Waals surface area contributed by atoms with E-state index in [1.54, 1.807) is 14.0 Å². The molecule has 116 valence electrons. The monoisotopic (exact) mass is 293 g/mol. The van der Waals surface area contributed by atoms with Crippen molar-refractivity contribution in [2.24, 2.45) is 5.92 Å². The quantitative estimate of drug-likeness (QED) is 0.678. The van der Waals surface area contributed by atoms with Gasteiger partial charge in [0.1, 0.15) is 5.69 Å². The molecule has 0 atom stereocenters. The number of nitrogens with zero attached hydrogens (tertiary/aromatic N) is 4. The first-order chi connectivity index (χ1) is 9.93. The van der Waals surface area contributed by atoms with E-state index in [0.29, 0.717) is 23.5 Å². The predicted molar refractivity (Wildman–Crippen MR) is 82.8 cm³/mol. The van der Waals surface area contributed by atoms with Gasteiger partial charge < -0.3 is 10.2 Å². The van der Waals surface area contributed by atoms with E-state index < -0.39 is 0 Å². The van der Waals surface area contributed by atoms with Gasteiger partial charge in [-0.1, -0.05) is 6.92 Å². The number of rotatable bonds is 4. The van der Waals surface area contributed by atoms with Crippen LogP contribution >= 0.6 is 0 Å². The highest BCUT2D eigenvalue weighted by Crippen LogP contribution is 2.34.